The number of likely N-dealkylation sites (tertiary alicyclic amines) is 1. The van der Waals surface area contributed by atoms with E-state index in [0.717, 1.165) is 48.0 Å². The Morgan fingerprint density at radius 2 is 2.12 bits per heavy atom. The molecule has 1 fully saturated rings. The fraction of sp³-hybridized carbons (Fsp3) is 0.333. The van der Waals surface area contributed by atoms with Crippen LogP contribution in [0.1, 0.15) is 48.1 Å². The van der Waals surface area contributed by atoms with Gasteiger partial charge in [0.05, 0.1) is 24.2 Å². The van der Waals surface area contributed by atoms with Crippen molar-refractivity contribution >= 4 is 0 Å². The van der Waals surface area contributed by atoms with Crippen LogP contribution < -0.4 is 0 Å². The van der Waals surface area contributed by atoms with E-state index in [1.165, 1.54) is 12.8 Å². The first-order valence-corrected chi connectivity index (χ1v) is 9.00. The standard InChI is InChI=1S/C21H21N3O2/c1-15-12-19(23-26-15)20-8-4-5-11-24(20)14-17-9-10-21(25-17)18-7-3-2-6-16(18)13-22/h2-3,6-7,9-10,12,20H,4-5,8,11,14H2,1H3/t20-/m0/s1. The van der Waals surface area contributed by atoms with Crippen molar-refractivity contribution in [3.8, 4) is 17.4 Å². The first-order valence-electron chi connectivity index (χ1n) is 9.00. The minimum atomic E-state index is 0.265. The molecule has 2 aromatic heterocycles. The van der Waals surface area contributed by atoms with Crippen LogP contribution in [0.5, 0.6) is 0 Å². The Balaban J connectivity index is 1.55. The molecule has 1 atom stereocenters. The second-order valence-corrected chi connectivity index (χ2v) is 6.77. The van der Waals surface area contributed by atoms with Gasteiger partial charge < -0.3 is 8.94 Å². The molecule has 0 unspecified atom stereocenters. The van der Waals surface area contributed by atoms with Crippen LogP contribution in [0.25, 0.3) is 11.3 Å². The molecule has 0 N–H and O–H groups in total. The lowest BCUT2D eigenvalue weighted by molar-refractivity contribution is 0.124. The highest BCUT2D eigenvalue weighted by Crippen LogP contribution is 2.33. The SMILES string of the molecule is Cc1cc([C@@H]2CCCCN2Cc2ccc(-c3ccccc3C#N)o2)no1. The number of benzene rings is 1. The monoisotopic (exact) mass is 347 g/mol. The Kier molecular flexibility index (Phi) is 4.59. The number of aromatic nitrogens is 1. The predicted octanol–water partition coefficient (Wildman–Crippen LogP) is 4.84. The molecule has 0 spiro atoms. The van der Waals surface area contributed by atoms with E-state index in [1.54, 1.807) is 0 Å². The summed E-state index contributed by atoms with van der Waals surface area (Å²) < 4.78 is 11.3. The van der Waals surface area contributed by atoms with Gasteiger partial charge in [0.1, 0.15) is 23.0 Å². The molecule has 4 rings (SSSR count). The molecule has 26 heavy (non-hydrogen) atoms. The first kappa shape index (κ1) is 16.6. The lowest BCUT2D eigenvalue weighted by Gasteiger charge is -2.33. The number of aryl methyl sites for hydroxylation is 1. The zero-order chi connectivity index (χ0) is 17.9. The van der Waals surface area contributed by atoms with E-state index in [4.69, 9.17) is 8.94 Å². The summed E-state index contributed by atoms with van der Waals surface area (Å²) in [5.74, 6) is 2.49. The highest BCUT2D eigenvalue weighted by atomic mass is 16.5. The van der Waals surface area contributed by atoms with Gasteiger partial charge in [0.2, 0.25) is 0 Å². The van der Waals surface area contributed by atoms with Gasteiger partial charge in [0.25, 0.3) is 0 Å². The Morgan fingerprint density at radius 3 is 2.92 bits per heavy atom. The summed E-state index contributed by atoms with van der Waals surface area (Å²) in [5, 5.41) is 13.5. The van der Waals surface area contributed by atoms with Gasteiger partial charge in [0.15, 0.2) is 0 Å². The molecule has 0 saturated carbocycles. The van der Waals surface area contributed by atoms with Crippen molar-refractivity contribution in [3.05, 3.63) is 65.2 Å². The molecule has 5 nitrogen and oxygen atoms in total. The number of hydrogen-bond donors (Lipinski definition) is 0. The summed E-state index contributed by atoms with van der Waals surface area (Å²) in [4.78, 5) is 2.40. The molecule has 1 aliphatic rings. The summed E-state index contributed by atoms with van der Waals surface area (Å²) >= 11 is 0. The number of rotatable bonds is 4. The molecule has 3 heterocycles. The van der Waals surface area contributed by atoms with E-state index in [0.29, 0.717) is 5.56 Å². The van der Waals surface area contributed by atoms with E-state index in [2.05, 4.69) is 16.1 Å². The van der Waals surface area contributed by atoms with Crippen molar-refractivity contribution in [1.29, 1.82) is 5.26 Å². The fourth-order valence-corrected chi connectivity index (χ4v) is 3.66. The Morgan fingerprint density at radius 1 is 1.23 bits per heavy atom. The Labute approximate surface area is 152 Å². The number of furan rings is 1. The predicted molar refractivity (Wildman–Crippen MR) is 97.1 cm³/mol. The van der Waals surface area contributed by atoms with Crippen LogP contribution in [0.2, 0.25) is 0 Å². The largest absolute Gasteiger partial charge is 0.460 e. The molecule has 1 aromatic carbocycles. The molecule has 1 aliphatic heterocycles. The average molecular weight is 347 g/mol. The summed E-state index contributed by atoms with van der Waals surface area (Å²) in [6, 6.07) is 16.0. The normalized spacial score (nSPS) is 17.9. The second-order valence-electron chi connectivity index (χ2n) is 6.77. The van der Waals surface area contributed by atoms with Crippen LogP contribution >= 0.6 is 0 Å². The molecule has 0 bridgehead atoms. The molecular formula is C21H21N3O2. The van der Waals surface area contributed by atoms with Gasteiger partial charge in [-0.2, -0.15) is 5.26 Å². The van der Waals surface area contributed by atoms with Crippen LogP contribution in [0.3, 0.4) is 0 Å². The van der Waals surface area contributed by atoms with Crippen molar-refractivity contribution in [2.75, 3.05) is 6.54 Å². The van der Waals surface area contributed by atoms with Crippen LogP contribution in [0, 0.1) is 18.3 Å². The molecule has 1 saturated heterocycles. The number of hydrogen-bond acceptors (Lipinski definition) is 5. The minimum absolute atomic E-state index is 0.265. The third kappa shape index (κ3) is 3.29. The van der Waals surface area contributed by atoms with Crippen LogP contribution in [-0.4, -0.2) is 16.6 Å². The van der Waals surface area contributed by atoms with Gasteiger partial charge in [0, 0.05) is 11.6 Å². The van der Waals surface area contributed by atoms with E-state index in [-0.39, 0.29) is 6.04 Å². The molecule has 5 heteroatoms. The Bertz CT molecular complexity index is 935. The minimum Gasteiger partial charge on any atom is -0.460 e. The van der Waals surface area contributed by atoms with Crippen molar-refractivity contribution in [2.45, 2.75) is 38.8 Å². The van der Waals surface area contributed by atoms with Crippen molar-refractivity contribution in [1.82, 2.24) is 10.1 Å². The van der Waals surface area contributed by atoms with Crippen molar-refractivity contribution in [3.63, 3.8) is 0 Å². The topological polar surface area (TPSA) is 66.2 Å². The van der Waals surface area contributed by atoms with Crippen LogP contribution in [0.4, 0.5) is 0 Å². The van der Waals surface area contributed by atoms with E-state index in [1.807, 2.05) is 49.4 Å². The number of piperidine rings is 1. The highest BCUT2D eigenvalue weighted by Gasteiger charge is 2.27. The number of nitriles is 1. The van der Waals surface area contributed by atoms with Gasteiger partial charge in [-0.05, 0) is 50.6 Å². The van der Waals surface area contributed by atoms with E-state index in [9.17, 15) is 5.26 Å². The first-order chi connectivity index (χ1) is 12.7. The third-order valence-corrected chi connectivity index (χ3v) is 4.93. The molecule has 3 aromatic rings. The van der Waals surface area contributed by atoms with Crippen LogP contribution in [-0.2, 0) is 6.54 Å². The maximum atomic E-state index is 9.29. The van der Waals surface area contributed by atoms with E-state index < -0.39 is 0 Å². The second kappa shape index (κ2) is 7.19. The third-order valence-electron chi connectivity index (χ3n) is 4.93. The lowest BCUT2D eigenvalue weighted by Crippen LogP contribution is -2.33. The Hall–Kier alpha value is -2.84. The number of nitrogens with zero attached hydrogens (tertiary/aromatic N) is 3. The smallest absolute Gasteiger partial charge is 0.135 e. The maximum absolute atomic E-state index is 9.29. The zero-order valence-corrected chi connectivity index (χ0v) is 14.8. The van der Waals surface area contributed by atoms with Gasteiger partial charge in [-0.25, -0.2) is 0 Å². The molecule has 0 amide bonds. The summed E-state index contributed by atoms with van der Waals surface area (Å²) in [5.41, 5.74) is 2.47. The summed E-state index contributed by atoms with van der Waals surface area (Å²) in [6.45, 7) is 3.67. The molecule has 132 valence electrons. The highest BCUT2D eigenvalue weighted by molar-refractivity contribution is 5.66. The molecule has 0 radical (unpaired) electrons. The lowest BCUT2D eigenvalue weighted by atomic mass is 9.99. The van der Waals surface area contributed by atoms with Crippen LogP contribution in [0.15, 0.2) is 51.4 Å². The van der Waals surface area contributed by atoms with Gasteiger partial charge >= 0.3 is 0 Å². The van der Waals surface area contributed by atoms with Gasteiger partial charge in [-0.15, -0.1) is 0 Å². The summed E-state index contributed by atoms with van der Waals surface area (Å²) in [7, 11) is 0. The summed E-state index contributed by atoms with van der Waals surface area (Å²) in [6.07, 6.45) is 3.46. The zero-order valence-electron chi connectivity index (χ0n) is 14.8. The van der Waals surface area contributed by atoms with E-state index >= 15 is 0 Å². The van der Waals surface area contributed by atoms with Gasteiger partial charge in [-0.1, -0.05) is 23.7 Å². The van der Waals surface area contributed by atoms with Crippen molar-refractivity contribution in [2.24, 2.45) is 0 Å². The maximum Gasteiger partial charge on any atom is 0.135 e. The fourth-order valence-electron chi connectivity index (χ4n) is 3.66. The van der Waals surface area contributed by atoms with Crippen molar-refractivity contribution < 1.29 is 8.94 Å². The van der Waals surface area contributed by atoms with Gasteiger partial charge in [-0.3, -0.25) is 4.90 Å². The average Bonchev–Trinajstić information content (AvgIpc) is 3.31. The molecular weight excluding hydrogens is 326 g/mol. The molecule has 0 aliphatic carbocycles. The quantitative estimate of drug-likeness (QED) is 0.675.